The molecular weight excluding hydrogens is 203 g/mol. The minimum atomic E-state index is -0.192. The summed E-state index contributed by atoms with van der Waals surface area (Å²) in [4.78, 5) is 2.13. The Morgan fingerprint density at radius 2 is 1.81 bits per heavy atom. The highest BCUT2D eigenvalue weighted by atomic mass is 19.1. The van der Waals surface area contributed by atoms with E-state index < -0.39 is 0 Å². The molecule has 0 bridgehead atoms. The van der Waals surface area contributed by atoms with Crippen LogP contribution >= 0.6 is 0 Å². The van der Waals surface area contributed by atoms with Crippen molar-refractivity contribution in [3.63, 3.8) is 0 Å². The first kappa shape index (κ1) is 13.0. The third-order valence-corrected chi connectivity index (χ3v) is 2.56. The second kappa shape index (κ2) is 5.30. The van der Waals surface area contributed by atoms with Gasteiger partial charge < -0.3 is 10.2 Å². The van der Waals surface area contributed by atoms with E-state index in [-0.39, 0.29) is 11.4 Å². The number of hydrogen-bond acceptors (Lipinski definition) is 2. The van der Waals surface area contributed by atoms with E-state index in [0.717, 1.165) is 18.8 Å². The van der Waals surface area contributed by atoms with E-state index in [4.69, 9.17) is 0 Å². The van der Waals surface area contributed by atoms with Crippen molar-refractivity contribution in [3.8, 4) is 0 Å². The van der Waals surface area contributed by atoms with Gasteiger partial charge in [-0.2, -0.15) is 0 Å². The second-order valence-electron chi connectivity index (χ2n) is 4.75. The number of nitrogens with zero attached hydrogens (tertiary/aromatic N) is 1. The molecular formula is C13H21FN2. The molecule has 0 aliphatic carbocycles. The minimum Gasteiger partial charge on any atom is -0.373 e. The largest absolute Gasteiger partial charge is 0.373 e. The zero-order valence-electron chi connectivity index (χ0n) is 10.5. The van der Waals surface area contributed by atoms with Gasteiger partial charge in [-0.1, -0.05) is 6.92 Å². The van der Waals surface area contributed by atoms with Gasteiger partial charge in [-0.05, 0) is 44.7 Å². The molecule has 0 radical (unpaired) electrons. The van der Waals surface area contributed by atoms with E-state index in [1.165, 1.54) is 12.1 Å². The molecule has 3 heteroatoms. The predicted molar refractivity (Wildman–Crippen MR) is 67.4 cm³/mol. The molecule has 1 N–H and O–H groups in total. The first-order valence-corrected chi connectivity index (χ1v) is 5.66. The average molecular weight is 224 g/mol. The van der Waals surface area contributed by atoms with Crippen LogP contribution in [0.3, 0.4) is 0 Å². The molecule has 0 amide bonds. The molecule has 0 aliphatic heterocycles. The number of nitrogens with one attached hydrogen (secondary N) is 1. The Bertz CT molecular complexity index is 319. The summed E-state index contributed by atoms with van der Waals surface area (Å²) in [5.41, 5.74) is 1.09. The first-order chi connectivity index (χ1) is 7.44. The van der Waals surface area contributed by atoms with Gasteiger partial charge in [-0.25, -0.2) is 4.39 Å². The monoisotopic (exact) mass is 224 g/mol. The van der Waals surface area contributed by atoms with Crippen LogP contribution in [0.15, 0.2) is 24.3 Å². The van der Waals surface area contributed by atoms with Crippen LogP contribution < -0.4 is 10.2 Å². The minimum absolute atomic E-state index is 0.0535. The maximum absolute atomic E-state index is 12.8. The van der Waals surface area contributed by atoms with Gasteiger partial charge in [-0.3, -0.25) is 0 Å². The smallest absolute Gasteiger partial charge is 0.123 e. The Kier molecular flexibility index (Phi) is 4.30. The van der Waals surface area contributed by atoms with E-state index in [1.54, 1.807) is 12.1 Å². The topological polar surface area (TPSA) is 15.3 Å². The molecule has 16 heavy (non-hydrogen) atoms. The molecule has 0 spiro atoms. The lowest BCUT2D eigenvalue weighted by atomic mass is 10.0. The lowest BCUT2D eigenvalue weighted by molar-refractivity contribution is 0.403. The number of hydrogen-bond donors (Lipinski definition) is 1. The summed E-state index contributed by atoms with van der Waals surface area (Å²) in [7, 11) is 2.02. The van der Waals surface area contributed by atoms with Crippen LogP contribution in [0, 0.1) is 5.82 Å². The quantitative estimate of drug-likeness (QED) is 0.827. The van der Waals surface area contributed by atoms with Crippen molar-refractivity contribution >= 4 is 5.69 Å². The van der Waals surface area contributed by atoms with E-state index in [9.17, 15) is 4.39 Å². The van der Waals surface area contributed by atoms with Crippen LogP contribution in [-0.2, 0) is 0 Å². The molecule has 2 nitrogen and oxygen atoms in total. The number of anilines is 1. The van der Waals surface area contributed by atoms with Crippen molar-refractivity contribution < 1.29 is 4.39 Å². The maximum Gasteiger partial charge on any atom is 0.123 e. The molecule has 1 rings (SSSR count). The SMILES string of the molecule is CCNC(C)(C)CN(C)c1ccc(F)cc1. The number of benzene rings is 1. The van der Waals surface area contributed by atoms with Crippen molar-refractivity contribution in [2.45, 2.75) is 26.3 Å². The highest BCUT2D eigenvalue weighted by molar-refractivity contribution is 5.45. The number of halogens is 1. The molecule has 1 aromatic carbocycles. The Labute approximate surface area is 97.5 Å². The Hall–Kier alpha value is -1.09. The number of rotatable bonds is 5. The van der Waals surface area contributed by atoms with Crippen LogP contribution in [0.4, 0.5) is 10.1 Å². The fraction of sp³-hybridized carbons (Fsp3) is 0.538. The summed E-state index contributed by atoms with van der Waals surface area (Å²) < 4.78 is 12.8. The summed E-state index contributed by atoms with van der Waals surface area (Å²) in [5, 5.41) is 3.42. The van der Waals surface area contributed by atoms with Crippen LogP contribution in [-0.4, -0.2) is 25.7 Å². The molecule has 0 atom stereocenters. The molecule has 0 unspecified atom stereocenters. The first-order valence-electron chi connectivity index (χ1n) is 5.66. The van der Waals surface area contributed by atoms with Crippen molar-refractivity contribution in [3.05, 3.63) is 30.1 Å². The highest BCUT2D eigenvalue weighted by Crippen LogP contribution is 2.15. The predicted octanol–water partition coefficient (Wildman–Crippen LogP) is 2.65. The van der Waals surface area contributed by atoms with Crippen molar-refractivity contribution in [1.82, 2.24) is 5.32 Å². The summed E-state index contributed by atoms with van der Waals surface area (Å²) in [6.07, 6.45) is 0. The van der Waals surface area contributed by atoms with Gasteiger partial charge in [0.2, 0.25) is 0 Å². The third kappa shape index (κ3) is 3.81. The van der Waals surface area contributed by atoms with Gasteiger partial charge in [0, 0.05) is 24.8 Å². The van der Waals surface area contributed by atoms with Crippen LogP contribution in [0.5, 0.6) is 0 Å². The fourth-order valence-corrected chi connectivity index (χ4v) is 1.91. The van der Waals surface area contributed by atoms with Crippen molar-refractivity contribution in [2.75, 3.05) is 25.0 Å². The summed E-state index contributed by atoms with van der Waals surface area (Å²) >= 11 is 0. The normalized spacial score (nSPS) is 11.6. The van der Waals surface area contributed by atoms with E-state index in [1.807, 2.05) is 7.05 Å². The lowest BCUT2D eigenvalue weighted by Gasteiger charge is -2.32. The van der Waals surface area contributed by atoms with Gasteiger partial charge >= 0.3 is 0 Å². The van der Waals surface area contributed by atoms with E-state index >= 15 is 0 Å². The van der Waals surface area contributed by atoms with Crippen LogP contribution in [0.2, 0.25) is 0 Å². The second-order valence-corrected chi connectivity index (χ2v) is 4.75. The lowest BCUT2D eigenvalue weighted by Crippen LogP contribution is -2.48. The van der Waals surface area contributed by atoms with Crippen molar-refractivity contribution in [2.24, 2.45) is 0 Å². The standard InChI is InChI=1S/C13H21FN2/c1-5-15-13(2,3)10-16(4)12-8-6-11(14)7-9-12/h6-9,15H,5,10H2,1-4H3. The van der Waals surface area contributed by atoms with Gasteiger partial charge in [0.1, 0.15) is 5.82 Å². The molecule has 0 heterocycles. The number of likely N-dealkylation sites (N-methyl/N-ethyl adjacent to an activating group) is 2. The fourth-order valence-electron chi connectivity index (χ4n) is 1.91. The van der Waals surface area contributed by atoms with Gasteiger partial charge in [0.25, 0.3) is 0 Å². The molecule has 0 saturated heterocycles. The van der Waals surface area contributed by atoms with Crippen molar-refractivity contribution in [1.29, 1.82) is 0 Å². The summed E-state index contributed by atoms with van der Waals surface area (Å²) in [6, 6.07) is 6.59. The van der Waals surface area contributed by atoms with Crippen LogP contribution in [0.1, 0.15) is 20.8 Å². The summed E-state index contributed by atoms with van der Waals surface area (Å²) in [6.45, 7) is 8.25. The van der Waals surface area contributed by atoms with Crippen LogP contribution in [0.25, 0.3) is 0 Å². The Morgan fingerprint density at radius 3 is 2.31 bits per heavy atom. The molecule has 0 aliphatic rings. The Balaban J connectivity index is 2.64. The maximum atomic E-state index is 12.8. The van der Waals surface area contributed by atoms with E-state index in [2.05, 4.69) is 31.0 Å². The molecule has 0 aromatic heterocycles. The Morgan fingerprint density at radius 1 is 1.25 bits per heavy atom. The van der Waals surface area contributed by atoms with Gasteiger partial charge in [0.15, 0.2) is 0 Å². The molecule has 1 aromatic rings. The molecule has 0 saturated carbocycles. The molecule has 90 valence electrons. The molecule has 0 fully saturated rings. The summed E-state index contributed by atoms with van der Waals surface area (Å²) in [5.74, 6) is -0.192. The zero-order valence-corrected chi connectivity index (χ0v) is 10.5. The highest BCUT2D eigenvalue weighted by Gasteiger charge is 2.18. The zero-order chi connectivity index (χ0) is 12.2. The van der Waals surface area contributed by atoms with Gasteiger partial charge in [-0.15, -0.1) is 0 Å². The average Bonchev–Trinajstić information content (AvgIpc) is 2.17. The van der Waals surface area contributed by atoms with Gasteiger partial charge in [0.05, 0.1) is 0 Å². The third-order valence-electron chi connectivity index (χ3n) is 2.56. The van der Waals surface area contributed by atoms with E-state index in [0.29, 0.717) is 0 Å².